The van der Waals surface area contributed by atoms with E-state index in [1.54, 1.807) is 12.1 Å². The maximum absolute atomic E-state index is 11.1. The number of primary amides is 1. The minimum absolute atomic E-state index is 0.323. The lowest BCUT2D eigenvalue weighted by Gasteiger charge is -2.07. The lowest BCUT2D eigenvalue weighted by molar-refractivity contribution is -0.120. The van der Waals surface area contributed by atoms with E-state index < -0.39 is 5.41 Å². The average molecular weight is 198 g/mol. The fourth-order valence-electron chi connectivity index (χ4n) is 1.32. The maximum Gasteiger partial charge on any atom is 0.229 e. The van der Waals surface area contributed by atoms with E-state index in [9.17, 15) is 4.79 Å². The van der Waals surface area contributed by atoms with Crippen molar-refractivity contribution in [3.8, 4) is 0 Å². The Kier molecular flexibility index (Phi) is 1.73. The second-order valence-corrected chi connectivity index (χ2v) is 3.57. The molecule has 13 heavy (non-hydrogen) atoms. The third-order valence-electron chi connectivity index (χ3n) is 2.34. The van der Waals surface area contributed by atoms with Crippen LogP contribution in [0.25, 0.3) is 0 Å². The first-order valence-electron chi connectivity index (χ1n) is 3.95. The summed E-state index contributed by atoms with van der Waals surface area (Å²) in [4.78, 5) is 11.1. The second-order valence-electron chi connectivity index (χ2n) is 3.19. The van der Waals surface area contributed by atoms with Crippen molar-refractivity contribution in [2.24, 2.45) is 5.73 Å². The molecule has 0 saturated heterocycles. The second kappa shape index (κ2) is 2.67. The van der Waals surface area contributed by atoms with Crippen LogP contribution in [0.3, 0.4) is 0 Å². The topological polar surface area (TPSA) is 68.9 Å². The maximum atomic E-state index is 11.1. The molecule has 1 amide bonds. The van der Waals surface area contributed by atoms with Crippen molar-refractivity contribution in [3.63, 3.8) is 0 Å². The Morgan fingerprint density at radius 2 is 2.15 bits per heavy atom. The van der Waals surface area contributed by atoms with Crippen molar-refractivity contribution in [2.75, 3.05) is 0 Å². The Morgan fingerprint density at radius 1 is 1.46 bits per heavy atom. The Morgan fingerprint density at radius 3 is 2.54 bits per heavy atom. The van der Waals surface area contributed by atoms with Crippen molar-refractivity contribution in [3.05, 3.63) is 23.0 Å². The summed E-state index contributed by atoms with van der Waals surface area (Å²) in [5.41, 5.74) is 5.33. The number of hydrogen-bond donors (Lipinski definition) is 1. The molecule has 2 N–H and O–H groups in total. The predicted octanol–water partition coefficient (Wildman–Crippen LogP) is 0.647. The number of amides is 1. The van der Waals surface area contributed by atoms with Crippen molar-refractivity contribution < 1.29 is 4.79 Å². The van der Waals surface area contributed by atoms with Crippen molar-refractivity contribution >= 4 is 17.5 Å². The van der Waals surface area contributed by atoms with Crippen LogP contribution in [-0.4, -0.2) is 16.1 Å². The fraction of sp³-hybridized carbons (Fsp3) is 0.375. The number of hydrogen-bond acceptors (Lipinski definition) is 3. The zero-order valence-corrected chi connectivity index (χ0v) is 7.58. The largest absolute Gasteiger partial charge is 0.369 e. The predicted molar refractivity (Wildman–Crippen MR) is 47.1 cm³/mol. The first-order chi connectivity index (χ1) is 6.15. The van der Waals surface area contributed by atoms with Gasteiger partial charge < -0.3 is 5.73 Å². The van der Waals surface area contributed by atoms with Gasteiger partial charge in [0.15, 0.2) is 5.15 Å². The number of halogens is 1. The Balaban J connectivity index is 2.36. The van der Waals surface area contributed by atoms with Crippen molar-refractivity contribution in [2.45, 2.75) is 18.3 Å². The lowest BCUT2D eigenvalue weighted by atomic mass is 10.0. The molecule has 0 atom stereocenters. The molecule has 0 spiro atoms. The van der Waals surface area contributed by atoms with Crippen LogP contribution < -0.4 is 5.73 Å². The molecule has 1 aliphatic rings. The quantitative estimate of drug-likeness (QED) is 0.757. The molecule has 2 rings (SSSR count). The highest BCUT2D eigenvalue weighted by Crippen LogP contribution is 2.46. The first kappa shape index (κ1) is 8.44. The molecule has 68 valence electrons. The van der Waals surface area contributed by atoms with Gasteiger partial charge in [-0.2, -0.15) is 5.10 Å². The van der Waals surface area contributed by atoms with Crippen molar-refractivity contribution in [1.82, 2.24) is 10.2 Å². The van der Waals surface area contributed by atoms with Crippen LogP contribution in [0, 0.1) is 0 Å². The molecule has 1 saturated carbocycles. The number of nitrogens with zero attached hydrogens (tertiary/aromatic N) is 2. The van der Waals surface area contributed by atoms with Crippen LogP contribution in [0.5, 0.6) is 0 Å². The molecule has 1 fully saturated rings. The number of carbonyl (C=O) groups is 1. The number of rotatable bonds is 2. The summed E-state index contributed by atoms with van der Waals surface area (Å²) in [6, 6.07) is 3.32. The standard InChI is InChI=1S/C8H8ClN3O/c9-6-2-1-5(11-12-6)8(3-4-8)7(10)13/h1-2H,3-4H2,(H2,10,13). The van der Waals surface area contributed by atoms with Crippen LogP contribution in [-0.2, 0) is 10.2 Å². The van der Waals surface area contributed by atoms with Crippen LogP contribution >= 0.6 is 11.6 Å². The van der Waals surface area contributed by atoms with Gasteiger partial charge in [-0.05, 0) is 25.0 Å². The zero-order chi connectivity index (χ0) is 9.47. The highest BCUT2D eigenvalue weighted by atomic mass is 35.5. The molecule has 0 radical (unpaired) electrons. The van der Waals surface area contributed by atoms with E-state index in [0.717, 1.165) is 12.8 Å². The molecular weight excluding hydrogens is 190 g/mol. The molecule has 4 nitrogen and oxygen atoms in total. The summed E-state index contributed by atoms with van der Waals surface area (Å²) in [6.45, 7) is 0. The van der Waals surface area contributed by atoms with E-state index in [4.69, 9.17) is 17.3 Å². The molecule has 0 unspecified atom stereocenters. The van der Waals surface area contributed by atoms with E-state index >= 15 is 0 Å². The van der Waals surface area contributed by atoms with Gasteiger partial charge in [0, 0.05) is 0 Å². The number of carbonyl (C=O) groups excluding carboxylic acids is 1. The summed E-state index contributed by atoms with van der Waals surface area (Å²) in [5.74, 6) is -0.330. The van der Waals surface area contributed by atoms with Crippen LogP contribution in [0.2, 0.25) is 5.15 Å². The van der Waals surface area contributed by atoms with Gasteiger partial charge in [-0.1, -0.05) is 11.6 Å². The van der Waals surface area contributed by atoms with Gasteiger partial charge in [0.05, 0.1) is 11.1 Å². The van der Waals surface area contributed by atoms with Gasteiger partial charge >= 0.3 is 0 Å². The molecule has 0 aromatic carbocycles. The van der Waals surface area contributed by atoms with Crippen LogP contribution in [0.1, 0.15) is 18.5 Å². The monoisotopic (exact) mass is 197 g/mol. The summed E-state index contributed by atoms with van der Waals surface area (Å²) in [7, 11) is 0. The average Bonchev–Trinajstić information content (AvgIpc) is 2.86. The molecule has 1 aromatic heterocycles. The van der Waals surface area contributed by atoms with E-state index in [1.165, 1.54) is 0 Å². The number of nitrogens with two attached hydrogens (primary N) is 1. The molecule has 1 heterocycles. The van der Waals surface area contributed by atoms with Gasteiger partial charge in [-0.15, -0.1) is 5.10 Å². The molecule has 1 aromatic rings. The number of aromatic nitrogens is 2. The van der Waals surface area contributed by atoms with Crippen LogP contribution in [0.15, 0.2) is 12.1 Å². The first-order valence-corrected chi connectivity index (χ1v) is 4.32. The summed E-state index contributed by atoms with van der Waals surface area (Å²) in [6.07, 6.45) is 1.53. The van der Waals surface area contributed by atoms with Crippen LogP contribution in [0.4, 0.5) is 0 Å². The molecule has 5 heteroatoms. The molecule has 0 bridgehead atoms. The van der Waals surface area contributed by atoms with E-state index in [-0.39, 0.29) is 5.91 Å². The van der Waals surface area contributed by atoms with E-state index in [1.807, 2.05) is 0 Å². The minimum atomic E-state index is -0.558. The van der Waals surface area contributed by atoms with Gasteiger partial charge in [-0.25, -0.2) is 0 Å². The summed E-state index contributed by atoms with van der Waals surface area (Å²) >= 11 is 5.57. The van der Waals surface area contributed by atoms with E-state index in [0.29, 0.717) is 10.8 Å². The Hall–Kier alpha value is -1.16. The smallest absolute Gasteiger partial charge is 0.229 e. The normalized spacial score (nSPS) is 18.2. The fourth-order valence-corrected chi connectivity index (χ4v) is 1.43. The van der Waals surface area contributed by atoms with Gasteiger partial charge in [0.25, 0.3) is 0 Å². The highest BCUT2D eigenvalue weighted by Gasteiger charge is 2.51. The SMILES string of the molecule is NC(=O)C1(c2ccc(Cl)nn2)CC1. The van der Waals surface area contributed by atoms with Gasteiger partial charge in [0.1, 0.15) is 0 Å². The minimum Gasteiger partial charge on any atom is -0.369 e. The van der Waals surface area contributed by atoms with Gasteiger partial charge in [0.2, 0.25) is 5.91 Å². The van der Waals surface area contributed by atoms with Gasteiger partial charge in [-0.3, -0.25) is 4.79 Å². The highest BCUT2D eigenvalue weighted by molar-refractivity contribution is 6.29. The zero-order valence-electron chi connectivity index (χ0n) is 6.83. The Labute approximate surface area is 80.1 Å². The molecular formula is C8H8ClN3O. The molecule has 0 aliphatic heterocycles. The summed E-state index contributed by atoms with van der Waals surface area (Å²) in [5, 5.41) is 7.85. The molecule has 1 aliphatic carbocycles. The van der Waals surface area contributed by atoms with E-state index in [2.05, 4.69) is 10.2 Å². The van der Waals surface area contributed by atoms with Crippen molar-refractivity contribution in [1.29, 1.82) is 0 Å². The summed E-state index contributed by atoms with van der Waals surface area (Å²) < 4.78 is 0. The third kappa shape index (κ3) is 1.27. The lowest BCUT2D eigenvalue weighted by Crippen LogP contribution is -2.29. The Bertz CT molecular complexity index is 345. The third-order valence-corrected chi connectivity index (χ3v) is 2.55.